The third kappa shape index (κ3) is 9.90. The van der Waals surface area contributed by atoms with Gasteiger partial charge >= 0.3 is 12.1 Å². The number of halogens is 2. The molecule has 0 radical (unpaired) electrons. The molecule has 4 aromatic rings. The Morgan fingerprint density at radius 3 is 2.07 bits per heavy atom. The van der Waals surface area contributed by atoms with Crippen molar-refractivity contribution in [1.82, 2.24) is 10.6 Å². The van der Waals surface area contributed by atoms with Crippen LogP contribution in [0.2, 0.25) is 0 Å². The summed E-state index contributed by atoms with van der Waals surface area (Å²) in [6.07, 6.45) is -0.611. The second-order valence-electron chi connectivity index (χ2n) is 15.4. The molecule has 0 unspecified atom stereocenters. The number of benzene rings is 4. The Hall–Kier alpha value is -5.78. The predicted octanol–water partition coefficient (Wildman–Crippen LogP) is 7.65. The Kier molecular flexibility index (Phi) is 13.1. The number of carbonyl (C=O) groups is 4. The lowest BCUT2D eigenvalue weighted by molar-refractivity contribution is -0.147. The highest BCUT2D eigenvalue weighted by Crippen LogP contribution is 2.44. The van der Waals surface area contributed by atoms with E-state index >= 15 is 14.0 Å². The Labute approximate surface area is 326 Å². The highest BCUT2D eigenvalue weighted by Gasteiger charge is 2.59. The Morgan fingerprint density at radius 1 is 0.839 bits per heavy atom. The maximum absolute atomic E-state index is 16.4. The number of anilines is 1. The van der Waals surface area contributed by atoms with Crippen LogP contribution < -0.4 is 20.7 Å². The lowest BCUT2D eigenvalue weighted by Gasteiger charge is -2.44. The van der Waals surface area contributed by atoms with Crippen molar-refractivity contribution in [1.29, 1.82) is 0 Å². The zero-order chi connectivity index (χ0) is 40.6. The van der Waals surface area contributed by atoms with Crippen molar-refractivity contribution < 1.29 is 42.2 Å². The zero-order valence-corrected chi connectivity index (χ0v) is 32.5. The van der Waals surface area contributed by atoms with Gasteiger partial charge in [0.15, 0.2) is 0 Å². The minimum atomic E-state index is -2.37. The van der Waals surface area contributed by atoms with E-state index < -0.39 is 64.5 Å². The number of nitrogens with one attached hydrogen (secondary N) is 3. The van der Waals surface area contributed by atoms with E-state index in [1.165, 1.54) is 7.11 Å². The number of para-hydroxylation sites is 2. The molecule has 0 spiro atoms. The number of esters is 1. The smallest absolute Gasteiger partial charge is 0.408 e. The number of methoxy groups -OCH3 is 1. The maximum atomic E-state index is 16.4. The summed E-state index contributed by atoms with van der Waals surface area (Å²) < 4.78 is 47.9. The highest BCUT2D eigenvalue weighted by atomic mass is 19.1. The van der Waals surface area contributed by atoms with Crippen molar-refractivity contribution in [3.8, 4) is 5.75 Å². The molecule has 5 rings (SSSR count). The SMILES string of the molecule is COC(=O)[C@@H](CC(C)C)NC(=O)[C@@](NC(=O)OC(C)(C)C)(C1Cc2ccccc2C1)[C@H](C(=O)Nc1ccccc1OCc1ccccc1)c1ccc(F)cc1F. The van der Waals surface area contributed by atoms with Crippen molar-refractivity contribution in [2.75, 3.05) is 12.4 Å². The number of fused-ring (bicyclic) bond motifs is 1. The van der Waals surface area contributed by atoms with Gasteiger partial charge in [-0.05, 0) is 80.8 Å². The van der Waals surface area contributed by atoms with Gasteiger partial charge in [-0.3, -0.25) is 9.59 Å². The van der Waals surface area contributed by atoms with Gasteiger partial charge in [0, 0.05) is 17.5 Å². The van der Waals surface area contributed by atoms with E-state index in [0.717, 1.165) is 28.8 Å². The molecule has 0 bridgehead atoms. The highest BCUT2D eigenvalue weighted by molar-refractivity contribution is 6.05. The molecule has 3 N–H and O–H groups in total. The summed E-state index contributed by atoms with van der Waals surface area (Å²) in [7, 11) is 1.18. The molecule has 0 heterocycles. The molecule has 12 heteroatoms. The van der Waals surface area contributed by atoms with Crippen molar-refractivity contribution in [2.24, 2.45) is 11.8 Å². The number of rotatable bonds is 14. The maximum Gasteiger partial charge on any atom is 0.408 e. The average molecular weight is 770 g/mol. The van der Waals surface area contributed by atoms with Crippen LogP contribution in [0.15, 0.2) is 97.1 Å². The summed E-state index contributed by atoms with van der Waals surface area (Å²) in [5.74, 6) is -7.34. The standard InChI is InChI=1S/C44H49F2N3O7/c1-27(2)22-36(40(51)54-6)48-41(52)44(49-42(53)56-43(3,4)5,31-23-29-16-10-11-17-30(29)24-31)38(33-21-20-32(45)25-34(33)46)39(50)47-35-18-12-13-19-37(35)55-26-28-14-8-7-9-15-28/h7-21,25,27,31,36,38H,22-24,26H2,1-6H3,(H,47,50)(H,48,52)(H,49,53)/t36-,38+,44-/m1/s1. The van der Waals surface area contributed by atoms with Crippen molar-refractivity contribution in [2.45, 2.75) is 83.6 Å². The van der Waals surface area contributed by atoms with Crippen LogP contribution in [0.3, 0.4) is 0 Å². The molecule has 0 saturated carbocycles. The third-order valence-corrected chi connectivity index (χ3v) is 9.65. The van der Waals surface area contributed by atoms with Gasteiger partial charge < -0.3 is 30.2 Å². The topological polar surface area (TPSA) is 132 Å². The quantitative estimate of drug-likeness (QED) is 0.112. The molecule has 1 aliphatic rings. The van der Waals surface area contributed by atoms with Crippen LogP contribution in [-0.4, -0.2) is 48.2 Å². The van der Waals surface area contributed by atoms with E-state index in [1.807, 2.05) is 68.4 Å². The minimum absolute atomic E-state index is 0.107. The first-order valence-corrected chi connectivity index (χ1v) is 18.6. The van der Waals surface area contributed by atoms with Crippen LogP contribution >= 0.6 is 0 Å². The van der Waals surface area contributed by atoms with E-state index in [0.29, 0.717) is 6.07 Å². The molecule has 3 amide bonds. The van der Waals surface area contributed by atoms with Gasteiger partial charge in [0.25, 0.3) is 0 Å². The monoisotopic (exact) mass is 769 g/mol. The van der Waals surface area contributed by atoms with Gasteiger partial charge in [-0.25, -0.2) is 18.4 Å². The molecule has 0 aliphatic heterocycles. The van der Waals surface area contributed by atoms with Crippen molar-refractivity contribution in [3.05, 3.63) is 131 Å². The van der Waals surface area contributed by atoms with Gasteiger partial charge in [0.2, 0.25) is 11.8 Å². The van der Waals surface area contributed by atoms with Gasteiger partial charge in [-0.2, -0.15) is 0 Å². The second-order valence-corrected chi connectivity index (χ2v) is 15.4. The van der Waals surface area contributed by atoms with Crippen LogP contribution in [0.1, 0.15) is 69.2 Å². The molecule has 0 aromatic heterocycles. The summed E-state index contributed by atoms with van der Waals surface area (Å²) in [6.45, 7) is 8.75. The van der Waals surface area contributed by atoms with Crippen molar-refractivity contribution in [3.63, 3.8) is 0 Å². The molecule has 296 valence electrons. The van der Waals surface area contributed by atoms with Gasteiger partial charge in [0.05, 0.1) is 18.7 Å². The van der Waals surface area contributed by atoms with Crippen molar-refractivity contribution >= 4 is 29.6 Å². The summed E-state index contributed by atoms with van der Waals surface area (Å²) in [4.78, 5) is 57.9. The molecule has 3 atom stereocenters. The number of hydrogen-bond donors (Lipinski definition) is 3. The summed E-state index contributed by atoms with van der Waals surface area (Å²) >= 11 is 0. The molecule has 4 aromatic carbocycles. The summed E-state index contributed by atoms with van der Waals surface area (Å²) in [6, 6.07) is 24.8. The molecule has 10 nitrogen and oxygen atoms in total. The second kappa shape index (κ2) is 17.8. The number of amides is 3. The predicted molar refractivity (Wildman–Crippen MR) is 208 cm³/mol. The molecule has 0 fully saturated rings. The van der Waals surface area contributed by atoms with Crippen LogP contribution in [0.5, 0.6) is 5.75 Å². The first kappa shape index (κ1) is 41.4. The summed E-state index contributed by atoms with van der Waals surface area (Å²) in [5, 5.41) is 8.39. The zero-order valence-electron chi connectivity index (χ0n) is 32.5. The van der Waals surface area contributed by atoms with Gasteiger partial charge in [-0.1, -0.05) is 86.6 Å². The van der Waals surface area contributed by atoms with Gasteiger partial charge in [-0.15, -0.1) is 0 Å². The fourth-order valence-electron chi connectivity index (χ4n) is 7.21. The van der Waals surface area contributed by atoms with Crippen LogP contribution in [0.25, 0.3) is 0 Å². The minimum Gasteiger partial charge on any atom is -0.487 e. The molecule has 1 aliphatic carbocycles. The largest absolute Gasteiger partial charge is 0.487 e. The fraction of sp³-hybridized carbons (Fsp3) is 0.364. The Morgan fingerprint density at radius 2 is 1.46 bits per heavy atom. The van der Waals surface area contributed by atoms with E-state index in [4.69, 9.17) is 14.2 Å². The van der Waals surface area contributed by atoms with E-state index in [1.54, 1.807) is 45.0 Å². The van der Waals surface area contributed by atoms with E-state index in [2.05, 4.69) is 16.0 Å². The Balaban J connectivity index is 1.73. The normalized spacial score (nSPS) is 14.8. The van der Waals surface area contributed by atoms with E-state index in [9.17, 15) is 14.0 Å². The Bertz CT molecular complexity index is 2010. The van der Waals surface area contributed by atoms with Crippen LogP contribution in [0, 0.1) is 23.5 Å². The van der Waals surface area contributed by atoms with Crippen LogP contribution in [0.4, 0.5) is 19.3 Å². The molecular weight excluding hydrogens is 720 g/mol. The molecule has 56 heavy (non-hydrogen) atoms. The average Bonchev–Trinajstić information content (AvgIpc) is 3.59. The lowest BCUT2D eigenvalue weighted by Crippen LogP contribution is -2.70. The number of carbonyl (C=O) groups excluding carboxylic acids is 4. The van der Waals surface area contributed by atoms with Gasteiger partial charge in [0.1, 0.15) is 41.2 Å². The molecule has 0 saturated heterocycles. The fourth-order valence-corrected chi connectivity index (χ4v) is 7.21. The summed E-state index contributed by atoms with van der Waals surface area (Å²) in [5.41, 5.74) is -1.09. The number of hydrogen-bond acceptors (Lipinski definition) is 7. The lowest BCUT2D eigenvalue weighted by atomic mass is 9.68. The first-order chi connectivity index (χ1) is 26.6. The third-order valence-electron chi connectivity index (χ3n) is 9.65. The molecular formula is C44H49F2N3O7. The number of ether oxygens (including phenoxy) is 3. The first-order valence-electron chi connectivity index (χ1n) is 18.6. The van der Waals surface area contributed by atoms with E-state index in [-0.39, 0.29) is 48.8 Å². The van der Waals surface area contributed by atoms with Crippen LogP contribution in [-0.2, 0) is 43.3 Å². The number of alkyl carbamates (subject to hydrolysis) is 1.